The van der Waals surface area contributed by atoms with E-state index in [1.54, 1.807) is 21.1 Å². The third kappa shape index (κ3) is 3.86. The SMILES string of the molecule is Cc1cccc(N2CCN(S(=O)(=O)c3cc4n(c3)CCCN(C(C)C)C4=O)CC2)c1. The summed E-state index contributed by atoms with van der Waals surface area (Å²) in [6.07, 6.45) is 2.46. The van der Waals surface area contributed by atoms with Gasteiger partial charge in [0.1, 0.15) is 10.6 Å². The minimum atomic E-state index is -3.63. The maximum Gasteiger partial charge on any atom is 0.270 e. The second-order valence-electron chi connectivity index (χ2n) is 8.43. The van der Waals surface area contributed by atoms with Gasteiger partial charge in [0.05, 0.1) is 0 Å². The molecule has 0 radical (unpaired) electrons. The Balaban J connectivity index is 1.52. The summed E-state index contributed by atoms with van der Waals surface area (Å²) in [6.45, 7) is 9.55. The van der Waals surface area contributed by atoms with Crippen LogP contribution in [-0.4, -0.2) is 66.9 Å². The van der Waals surface area contributed by atoms with Crippen LogP contribution in [-0.2, 0) is 16.6 Å². The van der Waals surface area contributed by atoms with Gasteiger partial charge in [-0.2, -0.15) is 4.31 Å². The molecule has 0 aliphatic carbocycles. The van der Waals surface area contributed by atoms with Gasteiger partial charge in [-0.15, -0.1) is 0 Å². The van der Waals surface area contributed by atoms with Gasteiger partial charge in [-0.3, -0.25) is 4.79 Å². The van der Waals surface area contributed by atoms with Gasteiger partial charge in [-0.1, -0.05) is 12.1 Å². The lowest BCUT2D eigenvalue weighted by atomic mass is 10.2. The molecule has 2 aliphatic heterocycles. The van der Waals surface area contributed by atoms with Crippen molar-refractivity contribution in [3.63, 3.8) is 0 Å². The quantitative estimate of drug-likeness (QED) is 0.748. The zero-order valence-electron chi connectivity index (χ0n) is 17.9. The number of amides is 1. The van der Waals surface area contributed by atoms with Crippen LogP contribution >= 0.6 is 0 Å². The summed E-state index contributed by atoms with van der Waals surface area (Å²) in [5.74, 6) is -0.0896. The number of anilines is 1. The van der Waals surface area contributed by atoms with E-state index in [1.807, 2.05) is 24.8 Å². The average Bonchev–Trinajstić information content (AvgIpc) is 3.09. The lowest BCUT2D eigenvalue weighted by Crippen LogP contribution is -2.48. The molecule has 0 unspecified atom stereocenters. The maximum atomic E-state index is 13.3. The molecule has 1 aromatic heterocycles. The number of carbonyl (C=O) groups excluding carboxylic acids is 1. The van der Waals surface area contributed by atoms with Crippen molar-refractivity contribution in [2.45, 2.75) is 44.7 Å². The zero-order valence-corrected chi connectivity index (χ0v) is 18.7. The Morgan fingerprint density at radius 2 is 1.70 bits per heavy atom. The number of rotatable bonds is 4. The van der Waals surface area contributed by atoms with Crippen molar-refractivity contribution in [3.05, 3.63) is 47.8 Å². The van der Waals surface area contributed by atoms with Gasteiger partial charge in [0.25, 0.3) is 5.91 Å². The number of carbonyl (C=O) groups is 1. The van der Waals surface area contributed by atoms with Crippen molar-refractivity contribution in [2.75, 3.05) is 37.6 Å². The molecule has 162 valence electrons. The smallest absolute Gasteiger partial charge is 0.270 e. The van der Waals surface area contributed by atoms with Gasteiger partial charge < -0.3 is 14.4 Å². The van der Waals surface area contributed by atoms with Gasteiger partial charge >= 0.3 is 0 Å². The van der Waals surface area contributed by atoms with Crippen LogP contribution in [0.2, 0.25) is 0 Å². The molecule has 0 N–H and O–H groups in total. The van der Waals surface area contributed by atoms with Crippen molar-refractivity contribution in [1.29, 1.82) is 0 Å². The maximum absolute atomic E-state index is 13.3. The summed E-state index contributed by atoms with van der Waals surface area (Å²) < 4.78 is 29.9. The topological polar surface area (TPSA) is 65.9 Å². The number of hydrogen-bond acceptors (Lipinski definition) is 4. The fraction of sp³-hybridized carbons (Fsp3) is 0.500. The fourth-order valence-corrected chi connectivity index (χ4v) is 5.77. The van der Waals surface area contributed by atoms with Crippen molar-refractivity contribution >= 4 is 21.6 Å². The van der Waals surface area contributed by atoms with E-state index in [2.05, 4.69) is 30.0 Å². The highest BCUT2D eigenvalue weighted by Gasteiger charge is 2.33. The number of benzene rings is 1. The van der Waals surface area contributed by atoms with Gasteiger partial charge in [-0.25, -0.2) is 8.42 Å². The van der Waals surface area contributed by atoms with Gasteiger partial charge in [-0.05, 0) is 51.0 Å². The highest BCUT2D eigenvalue weighted by atomic mass is 32.2. The summed E-state index contributed by atoms with van der Waals surface area (Å²) >= 11 is 0. The van der Waals surface area contributed by atoms with Crippen LogP contribution in [0.5, 0.6) is 0 Å². The van der Waals surface area contributed by atoms with E-state index in [9.17, 15) is 13.2 Å². The molecule has 8 heteroatoms. The number of nitrogens with zero attached hydrogens (tertiary/aromatic N) is 4. The molecular weight excluding hydrogens is 400 g/mol. The lowest BCUT2D eigenvalue weighted by molar-refractivity contribution is 0.0709. The number of aryl methyl sites for hydroxylation is 2. The lowest BCUT2D eigenvalue weighted by Gasteiger charge is -2.35. The normalized spacial score (nSPS) is 18.6. The third-order valence-electron chi connectivity index (χ3n) is 6.02. The van der Waals surface area contributed by atoms with Crippen LogP contribution in [0.4, 0.5) is 5.69 Å². The van der Waals surface area contributed by atoms with Crippen LogP contribution in [0.1, 0.15) is 36.3 Å². The molecule has 0 atom stereocenters. The molecule has 1 fully saturated rings. The molecule has 2 aromatic rings. The van der Waals surface area contributed by atoms with Crippen molar-refractivity contribution in [3.8, 4) is 0 Å². The molecule has 4 rings (SSSR count). The number of sulfonamides is 1. The second kappa shape index (κ2) is 8.07. The Kier molecular flexibility index (Phi) is 5.63. The van der Waals surface area contributed by atoms with Crippen LogP contribution in [0.3, 0.4) is 0 Å². The van der Waals surface area contributed by atoms with E-state index in [0.717, 1.165) is 12.1 Å². The Bertz CT molecular complexity index is 1040. The first-order valence-electron chi connectivity index (χ1n) is 10.6. The van der Waals surface area contributed by atoms with E-state index >= 15 is 0 Å². The van der Waals surface area contributed by atoms with Crippen LogP contribution in [0.25, 0.3) is 0 Å². The predicted molar refractivity (Wildman–Crippen MR) is 117 cm³/mol. The first-order chi connectivity index (χ1) is 14.3. The summed E-state index contributed by atoms with van der Waals surface area (Å²) in [5.41, 5.74) is 2.79. The standard InChI is InChI=1S/C22H30N4O3S/c1-17(2)26-9-5-8-24-16-20(15-21(24)22(26)27)30(28,29)25-12-10-23(11-13-25)19-7-4-6-18(3)14-19/h4,6-7,14-17H,5,8-13H2,1-3H3. The highest BCUT2D eigenvalue weighted by molar-refractivity contribution is 7.89. The Morgan fingerprint density at radius 3 is 2.37 bits per heavy atom. The molecular formula is C22H30N4O3S. The van der Waals surface area contributed by atoms with Crippen molar-refractivity contribution in [1.82, 2.24) is 13.8 Å². The summed E-state index contributed by atoms with van der Waals surface area (Å²) in [6, 6.07) is 9.93. The number of hydrogen-bond donors (Lipinski definition) is 0. The van der Waals surface area contributed by atoms with E-state index in [0.29, 0.717) is 45.0 Å². The van der Waals surface area contributed by atoms with Crippen molar-refractivity contribution in [2.24, 2.45) is 0 Å². The van der Waals surface area contributed by atoms with Gasteiger partial charge in [0, 0.05) is 57.2 Å². The molecule has 2 aliphatic rings. The summed E-state index contributed by atoms with van der Waals surface area (Å²) in [7, 11) is -3.63. The molecule has 0 bridgehead atoms. The molecule has 30 heavy (non-hydrogen) atoms. The number of piperazine rings is 1. The minimum absolute atomic E-state index is 0.0896. The number of fused-ring (bicyclic) bond motifs is 1. The molecule has 1 aromatic carbocycles. The highest BCUT2D eigenvalue weighted by Crippen LogP contribution is 2.25. The number of aromatic nitrogens is 1. The first kappa shape index (κ1) is 20.9. The molecule has 1 saturated heterocycles. The van der Waals surface area contributed by atoms with E-state index < -0.39 is 10.0 Å². The second-order valence-corrected chi connectivity index (χ2v) is 10.4. The van der Waals surface area contributed by atoms with E-state index in [4.69, 9.17) is 0 Å². The molecule has 7 nitrogen and oxygen atoms in total. The van der Waals surface area contributed by atoms with Gasteiger partial charge in [0.2, 0.25) is 10.0 Å². The first-order valence-corrected chi connectivity index (χ1v) is 12.0. The average molecular weight is 431 g/mol. The minimum Gasteiger partial charge on any atom is -0.369 e. The summed E-state index contributed by atoms with van der Waals surface area (Å²) in [4.78, 5) is 17.2. The van der Waals surface area contributed by atoms with E-state index in [1.165, 1.54) is 5.56 Å². The van der Waals surface area contributed by atoms with Crippen LogP contribution < -0.4 is 4.90 Å². The Morgan fingerprint density at radius 1 is 0.967 bits per heavy atom. The van der Waals surface area contributed by atoms with Crippen LogP contribution in [0, 0.1) is 6.92 Å². The Labute approximate surface area is 178 Å². The zero-order chi connectivity index (χ0) is 21.5. The fourth-order valence-electron chi connectivity index (χ4n) is 4.30. The monoisotopic (exact) mass is 430 g/mol. The van der Waals surface area contributed by atoms with Gasteiger partial charge in [0.15, 0.2) is 0 Å². The predicted octanol–water partition coefficient (Wildman–Crippen LogP) is 2.56. The third-order valence-corrected chi connectivity index (χ3v) is 7.88. The van der Waals surface area contributed by atoms with E-state index in [-0.39, 0.29) is 16.8 Å². The molecule has 0 spiro atoms. The van der Waals surface area contributed by atoms with Crippen molar-refractivity contribution < 1.29 is 13.2 Å². The van der Waals surface area contributed by atoms with Crippen LogP contribution in [0.15, 0.2) is 41.4 Å². The summed E-state index contributed by atoms with van der Waals surface area (Å²) in [5, 5.41) is 0. The molecule has 3 heterocycles. The molecule has 1 amide bonds. The Hall–Kier alpha value is -2.32. The molecule has 0 saturated carbocycles. The largest absolute Gasteiger partial charge is 0.369 e.